The molecule has 0 amide bonds. The van der Waals surface area contributed by atoms with Crippen LogP contribution in [0.3, 0.4) is 0 Å². The van der Waals surface area contributed by atoms with Crippen molar-refractivity contribution in [3.63, 3.8) is 0 Å². The van der Waals surface area contributed by atoms with Gasteiger partial charge in [-0.15, -0.1) is 6.42 Å². The number of nitrogens with two attached hydrogens (primary N) is 1. The van der Waals surface area contributed by atoms with Crippen molar-refractivity contribution in [2.24, 2.45) is 17.8 Å². The van der Waals surface area contributed by atoms with Crippen molar-refractivity contribution in [3.05, 3.63) is 47.6 Å². The molecule has 0 saturated heterocycles. The first-order chi connectivity index (χ1) is 15.0. The van der Waals surface area contributed by atoms with Crippen LogP contribution in [0, 0.1) is 12.3 Å². The molecule has 8 nitrogen and oxygen atoms in total. The van der Waals surface area contributed by atoms with Crippen LogP contribution in [-0.2, 0) is 23.1 Å². The first-order valence-electron chi connectivity index (χ1n) is 9.46. The minimum absolute atomic E-state index is 0.372. The average Bonchev–Trinajstić information content (AvgIpc) is 3.31. The summed E-state index contributed by atoms with van der Waals surface area (Å²) < 4.78 is 15.1. The fourth-order valence-corrected chi connectivity index (χ4v) is 4.60. The molecule has 162 valence electrons. The molecule has 31 heavy (non-hydrogen) atoms. The van der Waals surface area contributed by atoms with E-state index in [1.807, 2.05) is 28.4 Å². The van der Waals surface area contributed by atoms with Crippen LogP contribution in [0.2, 0.25) is 0 Å². The van der Waals surface area contributed by atoms with E-state index in [1.54, 1.807) is 20.0 Å². The topological polar surface area (TPSA) is 92.5 Å². The highest BCUT2D eigenvalue weighted by molar-refractivity contribution is 14.2. The quantitative estimate of drug-likeness (QED) is 0.116. The Morgan fingerprint density at radius 3 is 2.90 bits per heavy atom. The van der Waals surface area contributed by atoms with Gasteiger partial charge < -0.3 is 15.2 Å². The van der Waals surface area contributed by atoms with Crippen molar-refractivity contribution in [1.29, 1.82) is 0 Å². The summed E-state index contributed by atoms with van der Waals surface area (Å²) in [5, 5.41) is 9.88. The Bertz CT molecular complexity index is 1170. The predicted molar refractivity (Wildman–Crippen MR) is 135 cm³/mol. The van der Waals surface area contributed by atoms with Gasteiger partial charge in [-0.25, -0.2) is 4.45 Å². The summed E-state index contributed by atoms with van der Waals surface area (Å²) in [5.41, 5.74) is 10.9. The molecule has 1 aromatic carbocycles. The second-order valence-electron chi connectivity index (χ2n) is 6.70. The normalized spacial score (nSPS) is 12.7. The number of allylic oxidation sites excluding steroid dienone is 1. The molecule has 0 aliphatic carbocycles. The van der Waals surface area contributed by atoms with Crippen molar-refractivity contribution in [2.45, 2.75) is 13.5 Å². The predicted octanol–water partition coefficient (Wildman–Crippen LogP) is 3.63. The number of benzene rings is 1. The molecular formula is C21H24IN6O2P. The molecule has 3 rings (SSSR count). The number of hydrogen-bond acceptors (Lipinski definition) is 6. The second kappa shape index (κ2) is 10.8. The van der Waals surface area contributed by atoms with Gasteiger partial charge in [-0.05, 0) is 52.6 Å². The molecule has 10 heteroatoms. The van der Waals surface area contributed by atoms with E-state index < -0.39 is 0 Å². The first-order valence-corrected chi connectivity index (χ1v) is 13.5. The molecule has 0 aliphatic heterocycles. The molecule has 1 unspecified atom stereocenters. The summed E-state index contributed by atoms with van der Waals surface area (Å²) in [6.07, 6.45) is 9.67. The molecule has 2 aromatic heterocycles. The lowest BCUT2D eigenvalue weighted by atomic mass is 10.0. The van der Waals surface area contributed by atoms with Crippen LogP contribution in [0.4, 0.5) is 0 Å². The number of aromatic nitrogens is 4. The number of nitrogens with zero attached hydrogens (tertiary/aromatic N) is 5. The summed E-state index contributed by atoms with van der Waals surface area (Å²) in [4.78, 5) is 4.04. The van der Waals surface area contributed by atoms with Crippen molar-refractivity contribution in [3.8, 4) is 23.5 Å². The number of halogens is 1. The van der Waals surface area contributed by atoms with E-state index in [0.29, 0.717) is 43.5 Å². The minimum atomic E-state index is 0.372. The number of aryl methyl sites for hydroxylation is 1. The van der Waals surface area contributed by atoms with Crippen LogP contribution in [0.25, 0.3) is 22.0 Å². The molecule has 1 atom stereocenters. The Balaban J connectivity index is 1.73. The number of ether oxygens (including phenoxy) is 2. The summed E-state index contributed by atoms with van der Waals surface area (Å²) in [6.45, 7) is 2.96. The van der Waals surface area contributed by atoms with E-state index in [0.717, 1.165) is 27.7 Å². The second-order valence-corrected chi connectivity index (χ2v) is 8.74. The molecule has 0 fully saturated rings. The van der Waals surface area contributed by atoms with Gasteiger partial charge in [-0.1, -0.05) is 6.07 Å². The van der Waals surface area contributed by atoms with Gasteiger partial charge >= 0.3 is 0 Å². The number of aliphatic imine (C=N–C) groups is 1. The monoisotopic (exact) mass is 550 g/mol. The highest BCUT2D eigenvalue weighted by Gasteiger charge is 2.15. The van der Waals surface area contributed by atoms with Gasteiger partial charge in [0.15, 0.2) is 0 Å². The zero-order valence-electron chi connectivity index (χ0n) is 17.6. The van der Waals surface area contributed by atoms with E-state index in [2.05, 4.69) is 55.3 Å². The maximum atomic E-state index is 5.83. The van der Waals surface area contributed by atoms with Crippen molar-refractivity contribution in [2.75, 3.05) is 20.3 Å². The zero-order chi connectivity index (χ0) is 22.4. The van der Waals surface area contributed by atoms with E-state index in [4.69, 9.17) is 21.6 Å². The Morgan fingerprint density at radius 1 is 1.42 bits per heavy atom. The number of fused-ring (bicyclic) bond motifs is 1. The minimum Gasteiger partial charge on any atom is -0.475 e. The lowest BCUT2D eigenvalue weighted by Gasteiger charge is -2.09. The fraction of sp³-hybridized carbons (Fsp3) is 0.286. The number of rotatable bonds is 8. The third kappa shape index (κ3) is 5.45. The maximum absolute atomic E-state index is 5.83. The van der Waals surface area contributed by atoms with Crippen LogP contribution in [-0.4, -0.2) is 45.5 Å². The Labute approximate surface area is 196 Å². The highest BCUT2D eigenvalue weighted by atomic mass is 127. The van der Waals surface area contributed by atoms with E-state index in [9.17, 15) is 0 Å². The molecule has 0 radical (unpaired) electrons. The smallest absolute Gasteiger partial charge is 0.210 e. The Hall–Kier alpha value is -2.41. The van der Waals surface area contributed by atoms with E-state index >= 15 is 0 Å². The summed E-state index contributed by atoms with van der Waals surface area (Å²) in [6, 6.07) is 6.18. The van der Waals surface area contributed by atoms with Gasteiger partial charge in [0.2, 0.25) is 5.90 Å². The third-order valence-electron chi connectivity index (χ3n) is 4.56. The first kappa shape index (κ1) is 23.3. The third-order valence-corrected chi connectivity index (χ3v) is 6.43. The SMILES string of the molecule is C#Cc1nn(PI)c2ccc(-c3cnn(C)c3COCCOC(/C=C(/C)N)=NC)cc12. The Kier molecular flexibility index (Phi) is 8.07. The molecule has 2 N–H and O–H groups in total. The largest absolute Gasteiger partial charge is 0.475 e. The molecular weight excluding hydrogens is 526 g/mol. The lowest BCUT2D eigenvalue weighted by molar-refractivity contribution is 0.0824. The number of hydrogen-bond donors (Lipinski definition) is 1. The molecule has 3 aromatic rings. The van der Waals surface area contributed by atoms with Crippen LogP contribution in [0.1, 0.15) is 18.3 Å². The van der Waals surface area contributed by atoms with Crippen molar-refractivity contribution >= 4 is 45.2 Å². The highest BCUT2D eigenvalue weighted by Crippen LogP contribution is 2.33. The molecule has 0 saturated carbocycles. The maximum Gasteiger partial charge on any atom is 0.210 e. The zero-order valence-corrected chi connectivity index (χ0v) is 20.8. The summed E-state index contributed by atoms with van der Waals surface area (Å²) >= 11 is 2.30. The van der Waals surface area contributed by atoms with Gasteiger partial charge in [0, 0.05) is 36.8 Å². The number of terminal acetylenes is 1. The van der Waals surface area contributed by atoms with E-state index in [-0.39, 0.29) is 0 Å². The van der Waals surface area contributed by atoms with E-state index in [1.165, 1.54) is 0 Å². The van der Waals surface area contributed by atoms with Gasteiger partial charge in [0.25, 0.3) is 0 Å². The standard InChI is InChI=1S/C21H24IN6O2P/c1-5-18-16-11-15(6-7-19(16)28(26-18)31-22)17-12-25-27(4)20(17)13-29-8-9-30-21(24-3)10-14(2)23/h1,6-7,10-12,31H,8-9,13,23H2,2-4H3/b14-10-,24-21?. The fourth-order valence-electron chi connectivity index (χ4n) is 3.07. The van der Waals surface area contributed by atoms with Crippen molar-refractivity contribution < 1.29 is 9.47 Å². The van der Waals surface area contributed by atoms with Gasteiger partial charge in [0.05, 0.1) is 37.0 Å². The Morgan fingerprint density at radius 2 is 2.23 bits per heavy atom. The average molecular weight is 550 g/mol. The van der Waals surface area contributed by atoms with Gasteiger partial charge in [-0.2, -0.15) is 10.2 Å². The van der Waals surface area contributed by atoms with Gasteiger partial charge in [0.1, 0.15) is 12.3 Å². The molecule has 2 heterocycles. The lowest BCUT2D eigenvalue weighted by Crippen LogP contribution is -2.11. The van der Waals surface area contributed by atoms with Gasteiger partial charge in [-0.3, -0.25) is 9.67 Å². The summed E-state index contributed by atoms with van der Waals surface area (Å²) in [5.74, 6) is 3.17. The van der Waals surface area contributed by atoms with Crippen LogP contribution in [0.5, 0.6) is 0 Å². The van der Waals surface area contributed by atoms with Crippen LogP contribution < -0.4 is 5.73 Å². The van der Waals surface area contributed by atoms with Crippen LogP contribution in [0.15, 0.2) is 41.2 Å². The molecule has 0 aliphatic rings. The molecule has 0 spiro atoms. The van der Waals surface area contributed by atoms with Crippen LogP contribution >= 0.6 is 28.4 Å². The summed E-state index contributed by atoms with van der Waals surface area (Å²) in [7, 11) is 3.56. The molecule has 0 bridgehead atoms. The van der Waals surface area contributed by atoms with Crippen molar-refractivity contribution in [1.82, 2.24) is 19.3 Å².